The summed E-state index contributed by atoms with van der Waals surface area (Å²) in [6.07, 6.45) is 5.98. The number of aryl methyl sites for hydroxylation is 2. The Labute approximate surface area is 150 Å². The highest BCUT2D eigenvalue weighted by atomic mass is 16.3. The molecular weight excluding hydrogens is 316 g/mol. The van der Waals surface area contributed by atoms with Crippen molar-refractivity contribution in [1.29, 1.82) is 0 Å². The second-order valence-electron chi connectivity index (χ2n) is 8.55. The lowest BCUT2D eigenvalue weighted by molar-refractivity contribution is -0.0616. The molecule has 1 saturated carbocycles. The maximum atomic E-state index is 12.7. The lowest BCUT2D eigenvalue weighted by atomic mass is 9.64. The molecule has 0 radical (unpaired) electrons. The molecule has 1 aliphatic carbocycles. The Morgan fingerprint density at radius 3 is 2.28 bits per heavy atom. The number of likely N-dealkylation sites (tertiary alicyclic amines) is 1. The van der Waals surface area contributed by atoms with Crippen molar-refractivity contribution in [3.63, 3.8) is 0 Å². The van der Waals surface area contributed by atoms with Crippen LogP contribution >= 0.6 is 0 Å². The number of hydrogen-bond donors (Lipinski definition) is 1. The zero-order chi connectivity index (χ0) is 18.2. The molecular formula is C19H32N4O2. The van der Waals surface area contributed by atoms with E-state index in [4.69, 9.17) is 0 Å². The average Bonchev–Trinajstić information content (AvgIpc) is 2.90. The number of aliphatic hydroxyl groups is 1. The highest BCUT2D eigenvalue weighted by Gasteiger charge is 2.44. The molecule has 0 unspecified atom stereocenters. The molecule has 3 rings (SSSR count). The van der Waals surface area contributed by atoms with E-state index in [1.54, 1.807) is 4.68 Å². The molecule has 2 heterocycles. The first-order valence-corrected chi connectivity index (χ1v) is 9.39. The first-order valence-electron chi connectivity index (χ1n) is 9.39. The zero-order valence-corrected chi connectivity index (χ0v) is 16.1. The van der Waals surface area contributed by atoms with Crippen molar-refractivity contribution in [2.45, 2.75) is 51.0 Å². The molecule has 1 amide bonds. The number of nitrogens with zero attached hydrogens (tertiary/aromatic N) is 4. The molecule has 140 valence electrons. The highest BCUT2D eigenvalue weighted by molar-refractivity contribution is 5.92. The summed E-state index contributed by atoms with van der Waals surface area (Å²) in [5, 5.41) is 15.1. The van der Waals surface area contributed by atoms with Gasteiger partial charge in [-0.3, -0.25) is 9.48 Å². The lowest BCUT2D eigenvalue weighted by Crippen LogP contribution is -2.49. The number of rotatable bonds is 3. The van der Waals surface area contributed by atoms with E-state index in [1.165, 1.54) is 0 Å². The predicted molar refractivity (Wildman–Crippen MR) is 97.5 cm³/mol. The Morgan fingerprint density at radius 2 is 1.80 bits per heavy atom. The van der Waals surface area contributed by atoms with Crippen LogP contribution in [0.2, 0.25) is 0 Å². The molecule has 1 spiro atoms. The van der Waals surface area contributed by atoms with E-state index in [1.807, 2.05) is 39.0 Å². The molecule has 1 aromatic rings. The minimum absolute atomic E-state index is 0.0541. The van der Waals surface area contributed by atoms with Gasteiger partial charge in [0.15, 0.2) is 5.69 Å². The van der Waals surface area contributed by atoms with E-state index in [-0.39, 0.29) is 5.91 Å². The Kier molecular flexibility index (Phi) is 4.95. The molecule has 6 nitrogen and oxygen atoms in total. The van der Waals surface area contributed by atoms with Gasteiger partial charge in [0, 0.05) is 32.4 Å². The van der Waals surface area contributed by atoms with Crippen molar-refractivity contribution in [2.24, 2.45) is 12.5 Å². The summed E-state index contributed by atoms with van der Waals surface area (Å²) in [4.78, 5) is 16.7. The number of hydrogen-bond acceptors (Lipinski definition) is 4. The van der Waals surface area contributed by atoms with Crippen molar-refractivity contribution in [2.75, 3.05) is 33.7 Å². The number of likely N-dealkylation sites (N-methyl/N-ethyl adjacent to an activating group) is 1. The van der Waals surface area contributed by atoms with Crippen LogP contribution < -0.4 is 0 Å². The van der Waals surface area contributed by atoms with Gasteiger partial charge in [-0.25, -0.2) is 0 Å². The summed E-state index contributed by atoms with van der Waals surface area (Å²) in [7, 11) is 5.91. The molecule has 1 saturated heterocycles. The molecule has 0 bridgehead atoms. The summed E-state index contributed by atoms with van der Waals surface area (Å²) < 4.78 is 1.76. The SMILES string of the molecule is Cc1cc(C(=O)N2CCC3(CC2)CCC(O)(CN(C)C)CC3)nn1C. The molecule has 6 heteroatoms. The van der Waals surface area contributed by atoms with Gasteiger partial charge >= 0.3 is 0 Å². The Balaban J connectivity index is 1.56. The largest absolute Gasteiger partial charge is 0.389 e. The van der Waals surface area contributed by atoms with Crippen LogP contribution in [0.25, 0.3) is 0 Å². The first-order chi connectivity index (χ1) is 11.7. The summed E-state index contributed by atoms with van der Waals surface area (Å²) in [5.74, 6) is 0.0541. The van der Waals surface area contributed by atoms with Crippen LogP contribution in [0.3, 0.4) is 0 Å². The maximum Gasteiger partial charge on any atom is 0.274 e. The van der Waals surface area contributed by atoms with Gasteiger partial charge in [0.2, 0.25) is 0 Å². The zero-order valence-electron chi connectivity index (χ0n) is 16.1. The molecule has 1 aliphatic heterocycles. The molecule has 0 aromatic carbocycles. The van der Waals surface area contributed by atoms with Gasteiger partial charge in [0.25, 0.3) is 5.91 Å². The summed E-state index contributed by atoms with van der Waals surface area (Å²) >= 11 is 0. The molecule has 2 fully saturated rings. The van der Waals surface area contributed by atoms with E-state index >= 15 is 0 Å². The van der Waals surface area contributed by atoms with Crippen LogP contribution in [-0.4, -0.2) is 69.9 Å². The molecule has 25 heavy (non-hydrogen) atoms. The molecule has 0 atom stereocenters. The normalized spacial score (nSPS) is 22.6. The maximum absolute atomic E-state index is 12.7. The predicted octanol–water partition coefficient (Wildman–Crippen LogP) is 1.82. The van der Waals surface area contributed by atoms with Gasteiger partial charge in [0.05, 0.1) is 5.60 Å². The van der Waals surface area contributed by atoms with Gasteiger partial charge in [-0.2, -0.15) is 5.10 Å². The van der Waals surface area contributed by atoms with E-state index in [0.29, 0.717) is 11.1 Å². The van der Waals surface area contributed by atoms with Crippen molar-refractivity contribution in [3.8, 4) is 0 Å². The quantitative estimate of drug-likeness (QED) is 0.905. The third-order valence-corrected chi connectivity index (χ3v) is 6.30. The topological polar surface area (TPSA) is 61.6 Å². The van der Waals surface area contributed by atoms with Crippen molar-refractivity contribution >= 4 is 5.91 Å². The lowest BCUT2D eigenvalue weighted by Gasteiger charge is -2.48. The van der Waals surface area contributed by atoms with Gasteiger partial charge in [-0.15, -0.1) is 0 Å². The summed E-state index contributed by atoms with van der Waals surface area (Å²) in [6.45, 7) is 4.32. The van der Waals surface area contributed by atoms with Crippen LogP contribution in [0.4, 0.5) is 0 Å². The Bertz CT molecular complexity index is 600. The fourth-order valence-electron chi connectivity index (χ4n) is 4.50. The van der Waals surface area contributed by atoms with E-state index < -0.39 is 5.60 Å². The summed E-state index contributed by atoms with van der Waals surface area (Å²) in [6, 6.07) is 1.87. The number of amides is 1. The molecule has 1 aromatic heterocycles. The van der Waals surface area contributed by atoms with Crippen molar-refractivity contribution in [1.82, 2.24) is 19.6 Å². The minimum atomic E-state index is -0.535. The smallest absolute Gasteiger partial charge is 0.274 e. The minimum Gasteiger partial charge on any atom is -0.389 e. The van der Waals surface area contributed by atoms with Crippen LogP contribution in [0.1, 0.15) is 54.7 Å². The van der Waals surface area contributed by atoms with E-state index in [0.717, 1.165) is 63.9 Å². The van der Waals surface area contributed by atoms with E-state index in [2.05, 4.69) is 10.00 Å². The third-order valence-electron chi connectivity index (χ3n) is 6.30. The highest BCUT2D eigenvalue weighted by Crippen LogP contribution is 2.47. The van der Waals surface area contributed by atoms with Gasteiger partial charge in [0.1, 0.15) is 0 Å². The van der Waals surface area contributed by atoms with E-state index in [9.17, 15) is 9.90 Å². The van der Waals surface area contributed by atoms with Gasteiger partial charge in [-0.05, 0) is 71.0 Å². The number of aromatic nitrogens is 2. The van der Waals surface area contributed by atoms with Crippen LogP contribution in [-0.2, 0) is 7.05 Å². The fourth-order valence-corrected chi connectivity index (χ4v) is 4.50. The Hall–Kier alpha value is -1.40. The first kappa shape index (κ1) is 18.4. The van der Waals surface area contributed by atoms with Crippen LogP contribution in [0.15, 0.2) is 6.07 Å². The second kappa shape index (κ2) is 6.72. The average molecular weight is 348 g/mol. The standard InChI is InChI=1S/C19H32N4O2/c1-15-13-16(20-22(15)4)17(24)23-11-9-18(10-12-23)5-7-19(25,8-6-18)14-21(2)3/h13,25H,5-12,14H2,1-4H3. The van der Waals surface area contributed by atoms with Crippen molar-refractivity contribution < 1.29 is 9.90 Å². The number of carbonyl (C=O) groups is 1. The van der Waals surface area contributed by atoms with Crippen LogP contribution in [0, 0.1) is 12.3 Å². The van der Waals surface area contributed by atoms with Crippen molar-refractivity contribution in [3.05, 3.63) is 17.5 Å². The monoisotopic (exact) mass is 348 g/mol. The number of piperidine rings is 1. The second-order valence-corrected chi connectivity index (χ2v) is 8.55. The summed E-state index contributed by atoms with van der Waals surface area (Å²) in [5.41, 5.74) is 1.34. The van der Waals surface area contributed by atoms with Gasteiger partial charge in [-0.1, -0.05) is 0 Å². The van der Waals surface area contributed by atoms with Gasteiger partial charge < -0.3 is 14.9 Å². The van der Waals surface area contributed by atoms with Crippen LogP contribution in [0.5, 0.6) is 0 Å². The molecule has 2 aliphatic rings. The molecule has 1 N–H and O–H groups in total. The fraction of sp³-hybridized carbons (Fsp3) is 0.789. The third kappa shape index (κ3) is 3.90. The Morgan fingerprint density at radius 1 is 1.20 bits per heavy atom. The number of carbonyl (C=O) groups excluding carboxylic acids is 1.